The van der Waals surface area contributed by atoms with Gasteiger partial charge in [0.05, 0.1) is 5.57 Å². The van der Waals surface area contributed by atoms with Gasteiger partial charge in [-0.2, -0.15) is 0 Å². The average molecular weight is 314 g/mol. The molecule has 0 radical (unpaired) electrons. The van der Waals surface area contributed by atoms with Crippen LogP contribution in [0, 0.1) is 0 Å². The van der Waals surface area contributed by atoms with E-state index in [4.69, 9.17) is 23.2 Å². The van der Waals surface area contributed by atoms with E-state index in [1.807, 2.05) is 19.0 Å². The maximum Gasteiger partial charge on any atom is 0.167 e. The molecular weight excluding hydrogens is 297 g/mol. The molecule has 0 saturated carbocycles. The molecule has 0 aliphatic carbocycles. The van der Waals surface area contributed by atoms with Crippen LogP contribution in [0.2, 0.25) is 10.0 Å². The van der Waals surface area contributed by atoms with Gasteiger partial charge in [-0.1, -0.05) is 29.3 Å². The Bertz CT molecular complexity index is 531. The summed E-state index contributed by atoms with van der Waals surface area (Å²) in [5.41, 5.74) is 0.626. The van der Waals surface area contributed by atoms with Crippen LogP contribution in [-0.4, -0.2) is 37.1 Å². The molecule has 0 fully saturated rings. The number of hydrogen-bond donors (Lipinski definition) is 0. The van der Waals surface area contributed by atoms with E-state index in [1.165, 1.54) is 13.0 Å². The number of rotatable bonds is 6. The Hall–Kier alpha value is -1.16. The normalized spacial score (nSPS) is 11.8. The fourth-order valence-electron chi connectivity index (χ4n) is 1.63. The van der Waals surface area contributed by atoms with Crippen molar-refractivity contribution < 1.29 is 9.59 Å². The third-order valence-corrected chi connectivity index (χ3v) is 3.41. The van der Waals surface area contributed by atoms with Crippen LogP contribution in [0.4, 0.5) is 0 Å². The van der Waals surface area contributed by atoms with Crippen LogP contribution >= 0.6 is 23.2 Å². The van der Waals surface area contributed by atoms with E-state index in [0.717, 1.165) is 0 Å². The van der Waals surface area contributed by atoms with Gasteiger partial charge in [-0.3, -0.25) is 9.59 Å². The molecule has 0 saturated heterocycles. The number of halogens is 2. The predicted octanol–water partition coefficient (Wildman–Crippen LogP) is 3.49. The van der Waals surface area contributed by atoms with E-state index < -0.39 is 0 Å². The summed E-state index contributed by atoms with van der Waals surface area (Å²) < 4.78 is 0. The number of hydrogen-bond acceptors (Lipinski definition) is 3. The lowest BCUT2D eigenvalue weighted by Gasteiger charge is -2.10. The van der Waals surface area contributed by atoms with Crippen molar-refractivity contribution in [3.63, 3.8) is 0 Å². The number of carbonyl (C=O) groups excluding carboxylic acids is 2. The SMILES string of the molecule is CC(=O)/C(=C/c1c(Cl)cccc1Cl)C(=O)CCN(C)C. The molecule has 0 amide bonds. The Balaban J connectivity index is 3.11. The first kappa shape index (κ1) is 16.9. The van der Waals surface area contributed by atoms with Crippen molar-refractivity contribution in [1.29, 1.82) is 0 Å². The Kier molecular flexibility index (Phi) is 6.40. The Morgan fingerprint density at radius 1 is 1.20 bits per heavy atom. The molecule has 0 N–H and O–H groups in total. The molecule has 0 atom stereocenters. The van der Waals surface area contributed by atoms with Gasteiger partial charge in [0.1, 0.15) is 0 Å². The molecule has 0 heterocycles. The summed E-state index contributed by atoms with van der Waals surface area (Å²) in [5.74, 6) is -0.494. The van der Waals surface area contributed by atoms with Crippen LogP contribution in [-0.2, 0) is 9.59 Å². The lowest BCUT2D eigenvalue weighted by atomic mass is 10.0. The molecule has 1 aromatic carbocycles. The molecule has 20 heavy (non-hydrogen) atoms. The highest BCUT2D eigenvalue weighted by Crippen LogP contribution is 2.27. The molecular formula is C15H17Cl2NO2. The van der Waals surface area contributed by atoms with Gasteiger partial charge in [-0.15, -0.1) is 0 Å². The first-order valence-corrected chi connectivity index (χ1v) is 6.93. The van der Waals surface area contributed by atoms with Gasteiger partial charge >= 0.3 is 0 Å². The zero-order chi connectivity index (χ0) is 15.3. The van der Waals surface area contributed by atoms with Crippen LogP contribution < -0.4 is 0 Å². The lowest BCUT2D eigenvalue weighted by molar-refractivity contribution is -0.120. The lowest BCUT2D eigenvalue weighted by Crippen LogP contribution is -2.19. The van der Waals surface area contributed by atoms with Crippen molar-refractivity contribution in [1.82, 2.24) is 4.90 Å². The molecule has 1 rings (SSSR count). The maximum atomic E-state index is 12.1. The summed E-state index contributed by atoms with van der Waals surface area (Å²) in [7, 11) is 3.74. The second-order valence-electron chi connectivity index (χ2n) is 4.73. The predicted molar refractivity (Wildman–Crippen MR) is 83.3 cm³/mol. The number of nitrogens with zero attached hydrogens (tertiary/aromatic N) is 1. The second kappa shape index (κ2) is 7.58. The molecule has 0 aliphatic rings. The van der Waals surface area contributed by atoms with Crippen molar-refractivity contribution in [3.8, 4) is 0 Å². The van der Waals surface area contributed by atoms with Gasteiger partial charge in [0, 0.05) is 28.6 Å². The van der Waals surface area contributed by atoms with E-state index in [2.05, 4.69) is 0 Å². The molecule has 108 valence electrons. The van der Waals surface area contributed by atoms with Crippen molar-refractivity contribution in [2.45, 2.75) is 13.3 Å². The number of carbonyl (C=O) groups is 2. The first-order chi connectivity index (χ1) is 9.32. The highest BCUT2D eigenvalue weighted by atomic mass is 35.5. The summed E-state index contributed by atoms with van der Waals surface area (Å²) >= 11 is 12.1. The van der Waals surface area contributed by atoms with Crippen LogP contribution in [0.5, 0.6) is 0 Å². The van der Waals surface area contributed by atoms with Crippen molar-refractivity contribution >= 4 is 40.8 Å². The van der Waals surface area contributed by atoms with Gasteiger partial charge in [0.15, 0.2) is 11.6 Å². The molecule has 5 heteroatoms. The van der Waals surface area contributed by atoms with Gasteiger partial charge in [-0.05, 0) is 39.2 Å². The van der Waals surface area contributed by atoms with Crippen molar-refractivity contribution in [3.05, 3.63) is 39.4 Å². The highest BCUT2D eigenvalue weighted by molar-refractivity contribution is 6.37. The number of Topliss-reactive ketones (excluding diaryl/α,β-unsaturated/α-hetero) is 2. The molecule has 0 aliphatic heterocycles. The van der Waals surface area contributed by atoms with E-state index >= 15 is 0 Å². The minimum atomic E-state index is -0.287. The summed E-state index contributed by atoms with van der Waals surface area (Å²) in [6, 6.07) is 5.05. The molecule has 0 aromatic heterocycles. The summed E-state index contributed by atoms with van der Waals surface area (Å²) in [5, 5.41) is 0.827. The molecule has 0 spiro atoms. The number of benzene rings is 1. The zero-order valence-corrected chi connectivity index (χ0v) is 13.3. The smallest absolute Gasteiger partial charge is 0.167 e. The van der Waals surface area contributed by atoms with Gasteiger partial charge in [0.25, 0.3) is 0 Å². The van der Waals surface area contributed by atoms with Crippen LogP contribution in [0.3, 0.4) is 0 Å². The third-order valence-electron chi connectivity index (χ3n) is 2.75. The number of allylic oxidation sites excluding steroid dienone is 1. The Labute approximate surface area is 129 Å². The van der Waals surface area contributed by atoms with Gasteiger partial charge in [-0.25, -0.2) is 0 Å². The number of ketones is 2. The minimum absolute atomic E-state index is 0.127. The molecule has 0 unspecified atom stereocenters. The average Bonchev–Trinajstić information content (AvgIpc) is 2.35. The van der Waals surface area contributed by atoms with E-state index in [9.17, 15) is 9.59 Å². The summed E-state index contributed by atoms with van der Waals surface area (Å²) in [6.45, 7) is 1.95. The first-order valence-electron chi connectivity index (χ1n) is 6.17. The largest absolute Gasteiger partial charge is 0.309 e. The Morgan fingerprint density at radius 3 is 2.20 bits per heavy atom. The van der Waals surface area contributed by atoms with Crippen LogP contribution in [0.15, 0.2) is 23.8 Å². The van der Waals surface area contributed by atoms with Crippen LogP contribution in [0.25, 0.3) is 6.08 Å². The fraction of sp³-hybridized carbons (Fsp3) is 0.333. The van der Waals surface area contributed by atoms with Gasteiger partial charge < -0.3 is 4.90 Å². The minimum Gasteiger partial charge on any atom is -0.309 e. The highest BCUT2D eigenvalue weighted by Gasteiger charge is 2.16. The van der Waals surface area contributed by atoms with Crippen LogP contribution in [0.1, 0.15) is 18.9 Å². The molecule has 3 nitrogen and oxygen atoms in total. The van der Waals surface area contributed by atoms with Crippen molar-refractivity contribution in [2.75, 3.05) is 20.6 Å². The summed E-state index contributed by atoms with van der Waals surface area (Å²) in [6.07, 6.45) is 1.76. The summed E-state index contributed by atoms with van der Waals surface area (Å²) in [4.78, 5) is 25.7. The fourth-order valence-corrected chi connectivity index (χ4v) is 2.14. The monoisotopic (exact) mass is 313 g/mol. The molecule has 0 bridgehead atoms. The third kappa shape index (κ3) is 4.75. The van der Waals surface area contributed by atoms with E-state index in [1.54, 1.807) is 18.2 Å². The second-order valence-corrected chi connectivity index (χ2v) is 5.54. The quantitative estimate of drug-likeness (QED) is 0.458. The van der Waals surface area contributed by atoms with Crippen molar-refractivity contribution in [2.24, 2.45) is 0 Å². The maximum absolute atomic E-state index is 12.1. The zero-order valence-electron chi connectivity index (χ0n) is 11.7. The topological polar surface area (TPSA) is 37.4 Å². The van der Waals surface area contributed by atoms with E-state index in [0.29, 0.717) is 22.2 Å². The van der Waals surface area contributed by atoms with Gasteiger partial charge in [0.2, 0.25) is 0 Å². The van der Waals surface area contributed by atoms with E-state index in [-0.39, 0.29) is 23.6 Å². The Morgan fingerprint density at radius 2 is 1.75 bits per heavy atom. The standard InChI is InChI=1S/C15H17Cl2NO2/c1-10(19)11(15(20)7-8-18(2)3)9-12-13(16)5-4-6-14(12)17/h4-6,9H,7-8H2,1-3H3/b11-9-. The molecule has 1 aromatic rings.